The van der Waals surface area contributed by atoms with Gasteiger partial charge in [-0.3, -0.25) is 4.79 Å². The number of aromatic nitrogens is 1. The summed E-state index contributed by atoms with van der Waals surface area (Å²) in [6.07, 6.45) is 4.42. The van der Waals surface area contributed by atoms with Gasteiger partial charge in [0.05, 0.1) is 6.04 Å². The zero-order valence-corrected chi connectivity index (χ0v) is 15.0. The van der Waals surface area contributed by atoms with Gasteiger partial charge in [-0.1, -0.05) is 11.6 Å². The molecule has 0 aliphatic carbocycles. The fourth-order valence-electron chi connectivity index (χ4n) is 3.08. The van der Waals surface area contributed by atoms with Crippen LogP contribution in [0.1, 0.15) is 18.4 Å². The number of ether oxygens (including phenoxy) is 1. The molecule has 5 nitrogen and oxygen atoms in total. The molecular formula is C17H23Cl2N3O2. The summed E-state index contributed by atoms with van der Waals surface area (Å²) in [5, 5.41) is 4.76. The number of fused-ring (bicyclic) bond motifs is 1. The predicted molar refractivity (Wildman–Crippen MR) is 98.8 cm³/mol. The Labute approximate surface area is 152 Å². The first kappa shape index (κ1) is 19.1. The van der Waals surface area contributed by atoms with Crippen molar-refractivity contribution >= 4 is 40.8 Å². The number of hydrogen-bond donors (Lipinski definition) is 3. The molecule has 1 amide bonds. The molecule has 0 radical (unpaired) electrons. The van der Waals surface area contributed by atoms with Gasteiger partial charge in [-0.15, -0.1) is 12.4 Å². The minimum Gasteiger partial charge on any atom is -0.381 e. The number of benzene rings is 1. The summed E-state index contributed by atoms with van der Waals surface area (Å²) in [7, 11) is 0. The van der Waals surface area contributed by atoms with Crippen molar-refractivity contribution in [1.29, 1.82) is 0 Å². The van der Waals surface area contributed by atoms with Crippen molar-refractivity contribution in [3.63, 3.8) is 0 Å². The van der Waals surface area contributed by atoms with Crippen LogP contribution in [0.2, 0.25) is 5.02 Å². The van der Waals surface area contributed by atoms with E-state index in [9.17, 15) is 4.79 Å². The molecule has 2 aromatic rings. The van der Waals surface area contributed by atoms with Gasteiger partial charge in [0.15, 0.2) is 0 Å². The summed E-state index contributed by atoms with van der Waals surface area (Å²) in [5.41, 5.74) is 8.26. The zero-order valence-electron chi connectivity index (χ0n) is 13.4. The van der Waals surface area contributed by atoms with Crippen molar-refractivity contribution in [2.75, 3.05) is 19.8 Å². The van der Waals surface area contributed by atoms with Gasteiger partial charge in [0.2, 0.25) is 5.91 Å². The van der Waals surface area contributed by atoms with E-state index in [0.29, 0.717) is 24.8 Å². The summed E-state index contributed by atoms with van der Waals surface area (Å²) in [6.45, 7) is 1.96. The summed E-state index contributed by atoms with van der Waals surface area (Å²) in [4.78, 5) is 15.4. The third kappa shape index (κ3) is 4.42. The van der Waals surface area contributed by atoms with Gasteiger partial charge in [0, 0.05) is 41.9 Å². The van der Waals surface area contributed by atoms with E-state index < -0.39 is 6.04 Å². The smallest absolute Gasteiger partial charge is 0.237 e. The van der Waals surface area contributed by atoms with Crippen LogP contribution in [-0.4, -0.2) is 36.7 Å². The number of carbonyl (C=O) groups is 1. The Morgan fingerprint density at radius 1 is 1.42 bits per heavy atom. The summed E-state index contributed by atoms with van der Waals surface area (Å²) >= 11 is 6.05. The molecule has 1 atom stereocenters. The molecule has 0 saturated carbocycles. The topological polar surface area (TPSA) is 80.1 Å². The largest absolute Gasteiger partial charge is 0.381 e. The Balaban J connectivity index is 0.00000208. The Hall–Kier alpha value is -1.27. The monoisotopic (exact) mass is 371 g/mol. The molecule has 4 N–H and O–H groups in total. The van der Waals surface area contributed by atoms with Crippen molar-refractivity contribution in [2.45, 2.75) is 25.3 Å². The Bertz CT molecular complexity index is 684. The first-order valence-corrected chi connectivity index (χ1v) is 8.39. The average molecular weight is 372 g/mol. The van der Waals surface area contributed by atoms with Crippen molar-refractivity contribution in [1.82, 2.24) is 10.3 Å². The van der Waals surface area contributed by atoms with Crippen LogP contribution in [0, 0.1) is 5.92 Å². The van der Waals surface area contributed by atoms with E-state index in [4.69, 9.17) is 22.1 Å². The second kappa shape index (κ2) is 8.72. The van der Waals surface area contributed by atoms with Crippen LogP contribution < -0.4 is 11.1 Å². The van der Waals surface area contributed by atoms with E-state index in [0.717, 1.165) is 35.7 Å². The number of nitrogens with one attached hydrogen (secondary N) is 2. The molecule has 1 fully saturated rings. The van der Waals surface area contributed by atoms with E-state index in [1.54, 1.807) is 0 Å². The highest BCUT2D eigenvalue weighted by molar-refractivity contribution is 6.31. The molecule has 132 valence electrons. The van der Waals surface area contributed by atoms with Crippen molar-refractivity contribution in [2.24, 2.45) is 11.7 Å². The van der Waals surface area contributed by atoms with Crippen molar-refractivity contribution in [3.8, 4) is 0 Å². The lowest BCUT2D eigenvalue weighted by molar-refractivity contribution is -0.124. The first-order chi connectivity index (χ1) is 11.1. The average Bonchev–Trinajstić information content (AvgIpc) is 2.97. The number of carbonyl (C=O) groups excluding carboxylic acids is 1. The highest BCUT2D eigenvalue weighted by Gasteiger charge is 2.26. The first-order valence-electron chi connectivity index (χ1n) is 8.01. The third-order valence-electron chi connectivity index (χ3n) is 4.50. The molecular weight excluding hydrogens is 349 g/mol. The van der Waals surface area contributed by atoms with E-state index >= 15 is 0 Å². The highest BCUT2D eigenvalue weighted by atomic mass is 35.5. The maximum absolute atomic E-state index is 12.2. The zero-order chi connectivity index (χ0) is 16.2. The van der Waals surface area contributed by atoms with Gasteiger partial charge >= 0.3 is 0 Å². The van der Waals surface area contributed by atoms with Gasteiger partial charge < -0.3 is 20.8 Å². The number of halogens is 2. The molecule has 1 aromatic carbocycles. The van der Waals surface area contributed by atoms with Gasteiger partial charge in [0.25, 0.3) is 0 Å². The fraction of sp³-hybridized carbons (Fsp3) is 0.471. The van der Waals surface area contributed by atoms with E-state index in [1.807, 2.05) is 24.4 Å². The number of rotatable bonds is 5. The van der Waals surface area contributed by atoms with Crippen LogP contribution in [0.25, 0.3) is 10.9 Å². The van der Waals surface area contributed by atoms with Gasteiger partial charge in [-0.2, -0.15) is 0 Å². The molecule has 1 aliphatic rings. The Morgan fingerprint density at radius 3 is 2.92 bits per heavy atom. The maximum Gasteiger partial charge on any atom is 0.237 e. The van der Waals surface area contributed by atoms with E-state index in [1.165, 1.54) is 0 Å². The van der Waals surface area contributed by atoms with E-state index in [-0.39, 0.29) is 24.2 Å². The highest BCUT2D eigenvalue weighted by Crippen LogP contribution is 2.22. The van der Waals surface area contributed by atoms with Gasteiger partial charge in [0.1, 0.15) is 0 Å². The molecule has 0 spiro atoms. The third-order valence-corrected chi connectivity index (χ3v) is 4.73. The van der Waals surface area contributed by atoms with Crippen LogP contribution in [0.5, 0.6) is 0 Å². The second-order valence-electron chi connectivity index (χ2n) is 6.02. The predicted octanol–water partition coefficient (Wildman–Crippen LogP) is 2.66. The SMILES string of the molecule is Cl.NC(C(=O)NCCc1c[nH]c2ccc(Cl)cc12)C1CCOCC1. The summed E-state index contributed by atoms with van der Waals surface area (Å²) in [5.74, 6) is 0.144. The number of nitrogens with two attached hydrogens (primary N) is 1. The second-order valence-corrected chi connectivity index (χ2v) is 6.46. The molecule has 24 heavy (non-hydrogen) atoms. The van der Waals surface area contributed by atoms with Crippen LogP contribution in [0.3, 0.4) is 0 Å². The van der Waals surface area contributed by atoms with Gasteiger partial charge in [-0.25, -0.2) is 0 Å². The number of H-pyrrole nitrogens is 1. The molecule has 7 heteroatoms. The molecule has 2 heterocycles. The summed E-state index contributed by atoms with van der Waals surface area (Å²) in [6, 6.07) is 5.31. The molecule has 1 saturated heterocycles. The molecule has 1 aliphatic heterocycles. The number of hydrogen-bond acceptors (Lipinski definition) is 3. The lowest BCUT2D eigenvalue weighted by Gasteiger charge is -2.26. The van der Waals surface area contributed by atoms with Gasteiger partial charge in [-0.05, 0) is 48.9 Å². The summed E-state index contributed by atoms with van der Waals surface area (Å²) < 4.78 is 5.31. The van der Waals surface area contributed by atoms with Crippen LogP contribution in [-0.2, 0) is 16.0 Å². The Kier molecular flexibility index (Phi) is 6.92. The number of amides is 1. The normalized spacial score (nSPS) is 16.6. The molecule has 3 rings (SSSR count). The van der Waals surface area contributed by atoms with Crippen LogP contribution in [0.4, 0.5) is 0 Å². The minimum absolute atomic E-state index is 0. The minimum atomic E-state index is -0.448. The fourth-order valence-corrected chi connectivity index (χ4v) is 3.26. The van der Waals surface area contributed by atoms with Crippen molar-refractivity contribution in [3.05, 3.63) is 35.0 Å². The molecule has 1 aromatic heterocycles. The van der Waals surface area contributed by atoms with E-state index in [2.05, 4.69) is 10.3 Å². The molecule has 0 bridgehead atoms. The Morgan fingerprint density at radius 2 is 2.17 bits per heavy atom. The van der Waals surface area contributed by atoms with Crippen molar-refractivity contribution < 1.29 is 9.53 Å². The lowest BCUT2D eigenvalue weighted by Crippen LogP contribution is -2.47. The quantitative estimate of drug-likeness (QED) is 0.755. The standard InChI is InChI=1S/C17H22ClN3O2.ClH/c18-13-1-2-15-14(9-13)12(10-21-15)3-6-20-17(22)16(19)11-4-7-23-8-5-11;/h1-2,9-11,16,21H,3-8,19H2,(H,20,22);1H. The number of aromatic amines is 1. The molecule has 1 unspecified atom stereocenters. The lowest BCUT2D eigenvalue weighted by atomic mass is 9.92. The van der Waals surface area contributed by atoms with Crippen LogP contribution in [0.15, 0.2) is 24.4 Å². The van der Waals surface area contributed by atoms with Crippen LogP contribution >= 0.6 is 24.0 Å². The maximum atomic E-state index is 12.2.